The standard InChI is InChI=1S/C22H30ClF4N5O5/c1-20(2,3)13(29-19(37)22(25,26)27)17(35)31-10-21(5-6-21)8-12(31)16(34)30-32(18(36)14(23)24)9-11-4-7-28-15(11)33/h11-14H,4-10H2,1-3H3,(H,28,33)(H,29,37)(H,30,34)/t11-,12-,13+,14-/m0/s1. The second-order valence-electron chi connectivity index (χ2n) is 11.0. The summed E-state index contributed by atoms with van der Waals surface area (Å²) < 4.78 is 52.5. The number of amides is 5. The number of halogens is 5. The highest BCUT2D eigenvalue weighted by atomic mass is 35.5. The van der Waals surface area contributed by atoms with Crippen molar-refractivity contribution in [1.82, 2.24) is 26.0 Å². The molecule has 1 aliphatic carbocycles. The van der Waals surface area contributed by atoms with Crippen LogP contribution in [0.4, 0.5) is 17.6 Å². The Bertz CT molecular complexity index is 966. The summed E-state index contributed by atoms with van der Waals surface area (Å²) in [5, 5.41) is 4.91. The summed E-state index contributed by atoms with van der Waals surface area (Å²) in [5.74, 6) is -6.47. The summed E-state index contributed by atoms with van der Waals surface area (Å²) in [6.45, 7) is 4.46. The Hall–Kier alpha value is -2.64. The van der Waals surface area contributed by atoms with Gasteiger partial charge in [-0.15, -0.1) is 0 Å². The number of alkyl halides is 5. The third kappa shape index (κ3) is 6.63. The van der Waals surface area contributed by atoms with Crippen molar-refractivity contribution in [2.45, 2.75) is 70.3 Å². The van der Waals surface area contributed by atoms with Crippen LogP contribution in [-0.2, 0) is 24.0 Å². The van der Waals surface area contributed by atoms with E-state index in [-0.39, 0.29) is 25.4 Å². The molecule has 3 N–H and O–H groups in total. The number of nitrogens with one attached hydrogen (secondary N) is 3. The topological polar surface area (TPSA) is 128 Å². The van der Waals surface area contributed by atoms with E-state index in [0.29, 0.717) is 30.8 Å². The fraction of sp³-hybridized carbons (Fsp3) is 0.773. The first-order chi connectivity index (χ1) is 16.9. The van der Waals surface area contributed by atoms with E-state index in [1.54, 1.807) is 5.32 Å². The van der Waals surface area contributed by atoms with Gasteiger partial charge >= 0.3 is 12.1 Å². The first kappa shape index (κ1) is 28.9. The number of rotatable bonds is 6. The van der Waals surface area contributed by atoms with Crippen LogP contribution < -0.4 is 16.1 Å². The molecule has 0 aromatic heterocycles. The maximum atomic E-state index is 13.7. The Kier molecular flexibility index (Phi) is 8.02. The molecule has 0 aromatic carbocycles. The third-order valence-electron chi connectivity index (χ3n) is 6.96. The number of carbonyl (C=O) groups excluding carboxylic acids is 5. The van der Waals surface area contributed by atoms with Gasteiger partial charge in [-0.2, -0.15) is 13.2 Å². The molecule has 3 fully saturated rings. The van der Waals surface area contributed by atoms with E-state index in [1.807, 2.05) is 0 Å². The lowest BCUT2D eigenvalue weighted by Gasteiger charge is -2.36. The summed E-state index contributed by atoms with van der Waals surface area (Å²) in [6, 6.07) is -2.81. The van der Waals surface area contributed by atoms with Gasteiger partial charge in [-0.1, -0.05) is 32.4 Å². The fourth-order valence-electron chi connectivity index (χ4n) is 4.64. The number of likely N-dealkylation sites (tertiary alicyclic amines) is 1. The zero-order valence-corrected chi connectivity index (χ0v) is 21.3. The number of hydrazine groups is 1. The molecular formula is C22H30ClF4N5O5. The number of hydrogen-bond donors (Lipinski definition) is 3. The molecule has 4 atom stereocenters. The van der Waals surface area contributed by atoms with Crippen molar-refractivity contribution in [2.75, 3.05) is 19.6 Å². The lowest BCUT2D eigenvalue weighted by atomic mass is 9.85. The minimum atomic E-state index is -5.22. The monoisotopic (exact) mass is 555 g/mol. The van der Waals surface area contributed by atoms with Gasteiger partial charge in [0.1, 0.15) is 12.1 Å². The van der Waals surface area contributed by atoms with Gasteiger partial charge < -0.3 is 15.5 Å². The second-order valence-corrected chi connectivity index (χ2v) is 11.3. The SMILES string of the molecule is CC(C)(C)[C@H](NC(=O)C(F)(F)F)C(=O)N1CC2(CC2)C[C@H]1C(=O)NN(C[C@@H]1CCNC1=O)C(=O)[C@H](F)Cl. The molecule has 0 aromatic rings. The van der Waals surface area contributed by atoms with E-state index >= 15 is 0 Å². The van der Waals surface area contributed by atoms with Crippen LogP contribution in [0.25, 0.3) is 0 Å². The molecule has 2 heterocycles. The Morgan fingerprint density at radius 1 is 1.22 bits per heavy atom. The Morgan fingerprint density at radius 3 is 2.30 bits per heavy atom. The minimum absolute atomic E-state index is 0.0681. The van der Waals surface area contributed by atoms with Crippen molar-refractivity contribution in [2.24, 2.45) is 16.7 Å². The van der Waals surface area contributed by atoms with E-state index in [2.05, 4.69) is 10.7 Å². The van der Waals surface area contributed by atoms with Gasteiger partial charge in [0.2, 0.25) is 11.8 Å². The van der Waals surface area contributed by atoms with E-state index in [9.17, 15) is 41.5 Å². The van der Waals surface area contributed by atoms with Crippen molar-refractivity contribution >= 4 is 41.1 Å². The molecule has 15 heteroatoms. The number of hydrogen-bond acceptors (Lipinski definition) is 5. The highest BCUT2D eigenvalue weighted by molar-refractivity contribution is 6.29. The molecular weight excluding hydrogens is 526 g/mol. The molecule has 1 saturated carbocycles. The van der Waals surface area contributed by atoms with Crippen molar-refractivity contribution in [1.29, 1.82) is 0 Å². The molecule has 3 aliphatic rings. The highest BCUT2D eigenvalue weighted by Gasteiger charge is 2.57. The summed E-state index contributed by atoms with van der Waals surface area (Å²) in [7, 11) is 0. The molecule has 0 radical (unpaired) electrons. The highest BCUT2D eigenvalue weighted by Crippen LogP contribution is 2.55. The normalized spacial score (nSPS) is 24.3. The summed E-state index contributed by atoms with van der Waals surface area (Å²) in [6.07, 6.45) is -3.37. The lowest BCUT2D eigenvalue weighted by Crippen LogP contribution is -2.61. The summed E-state index contributed by atoms with van der Waals surface area (Å²) >= 11 is 5.29. The van der Waals surface area contributed by atoms with Crippen molar-refractivity contribution in [3.63, 3.8) is 0 Å². The average molecular weight is 556 g/mol. The van der Waals surface area contributed by atoms with Gasteiger partial charge in [-0.3, -0.25) is 29.4 Å². The van der Waals surface area contributed by atoms with E-state index in [0.717, 1.165) is 4.90 Å². The number of nitrogens with zero attached hydrogens (tertiary/aromatic N) is 2. The quantitative estimate of drug-likeness (QED) is 0.256. The first-order valence-corrected chi connectivity index (χ1v) is 12.2. The summed E-state index contributed by atoms with van der Waals surface area (Å²) in [4.78, 5) is 63.8. The fourth-order valence-corrected chi connectivity index (χ4v) is 4.76. The molecule has 5 amide bonds. The summed E-state index contributed by atoms with van der Waals surface area (Å²) in [5.41, 5.74) is -1.81. The van der Waals surface area contributed by atoms with Crippen LogP contribution in [0.5, 0.6) is 0 Å². The largest absolute Gasteiger partial charge is 0.471 e. The predicted molar refractivity (Wildman–Crippen MR) is 121 cm³/mol. The molecule has 10 nitrogen and oxygen atoms in total. The van der Waals surface area contributed by atoms with Crippen LogP contribution in [0, 0.1) is 16.7 Å². The van der Waals surface area contributed by atoms with Crippen LogP contribution in [0.3, 0.4) is 0 Å². The van der Waals surface area contributed by atoms with Gasteiger partial charge in [-0.05, 0) is 36.5 Å². The predicted octanol–water partition coefficient (Wildman–Crippen LogP) is 0.991. The zero-order chi connectivity index (χ0) is 27.9. The average Bonchev–Trinajstić information content (AvgIpc) is 3.23. The Morgan fingerprint density at radius 2 is 1.84 bits per heavy atom. The smallest absolute Gasteiger partial charge is 0.356 e. The van der Waals surface area contributed by atoms with Crippen molar-refractivity contribution in [3.8, 4) is 0 Å². The van der Waals surface area contributed by atoms with Gasteiger partial charge in [0, 0.05) is 13.1 Å². The maximum Gasteiger partial charge on any atom is 0.471 e. The molecule has 2 aliphatic heterocycles. The van der Waals surface area contributed by atoms with Gasteiger partial charge in [0.25, 0.3) is 17.4 Å². The van der Waals surface area contributed by atoms with Gasteiger partial charge in [-0.25, -0.2) is 9.40 Å². The Balaban J connectivity index is 1.83. The number of carbonyl (C=O) groups is 5. The lowest BCUT2D eigenvalue weighted by molar-refractivity contribution is -0.176. The van der Waals surface area contributed by atoms with Crippen LogP contribution >= 0.6 is 11.6 Å². The van der Waals surface area contributed by atoms with Crippen LogP contribution in [0.2, 0.25) is 0 Å². The van der Waals surface area contributed by atoms with Crippen molar-refractivity contribution in [3.05, 3.63) is 0 Å². The molecule has 37 heavy (non-hydrogen) atoms. The minimum Gasteiger partial charge on any atom is -0.356 e. The van der Waals surface area contributed by atoms with Crippen molar-refractivity contribution < 1.29 is 41.5 Å². The van der Waals surface area contributed by atoms with Crippen LogP contribution in [0.15, 0.2) is 0 Å². The van der Waals surface area contributed by atoms with E-state index in [4.69, 9.17) is 11.6 Å². The Labute approximate surface area is 215 Å². The molecule has 1 spiro atoms. The maximum absolute atomic E-state index is 13.7. The molecule has 2 saturated heterocycles. The zero-order valence-electron chi connectivity index (χ0n) is 20.6. The molecule has 208 valence electrons. The van der Waals surface area contributed by atoms with E-state index < -0.39 is 64.3 Å². The molecule has 0 bridgehead atoms. The second kappa shape index (κ2) is 10.3. The molecule has 0 unspecified atom stereocenters. The van der Waals surface area contributed by atoms with Crippen LogP contribution in [0.1, 0.15) is 46.5 Å². The van der Waals surface area contributed by atoms with Gasteiger partial charge in [0.05, 0.1) is 12.5 Å². The van der Waals surface area contributed by atoms with Crippen LogP contribution in [-0.4, -0.2) is 83.0 Å². The third-order valence-corrected chi connectivity index (χ3v) is 7.15. The molecule has 3 rings (SSSR count). The van der Waals surface area contributed by atoms with Gasteiger partial charge in [0.15, 0.2) is 0 Å². The first-order valence-electron chi connectivity index (χ1n) is 11.8. The van der Waals surface area contributed by atoms with E-state index in [1.165, 1.54) is 20.8 Å².